The molecule has 1 aromatic heterocycles. The smallest absolute Gasteiger partial charge is 0.271 e. The summed E-state index contributed by atoms with van der Waals surface area (Å²) in [6.07, 6.45) is 5.09. The number of aryl methyl sites for hydroxylation is 1. The number of rotatable bonds is 4. The van der Waals surface area contributed by atoms with Crippen LogP contribution in [0.2, 0.25) is 0 Å². The number of ether oxygens (including phenoxy) is 1. The van der Waals surface area contributed by atoms with E-state index in [1.54, 1.807) is 0 Å². The van der Waals surface area contributed by atoms with Crippen LogP contribution < -0.4 is 9.64 Å². The molecular weight excluding hydrogens is 282 g/mol. The summed E-state index contributed by atoms with van der Waals surface area (Å²) in [5.74, 6) is 1.61. The van der Waals surface area contributed by atoms with Gasteiger partial charge in [0, 0.05) is 13.1 Å². The van der Waals surface area contributed by atoms with E-state index in [4.69, 9.17) is 4.74 Å². The summed E-state index contributed by atoms with van der Waals surface area (Å²) >= 11 is 1.24. The molecule has 0 saturated carbocycles. The third kappa shape index (κ3) is 3.73. The maximum Gasteiger partial charge on any atom is 0.271 e. The first-order chi connectivity index (χ1) is 10.3. The SMILES string of the molecule is Cc1cccc(COc2nsnc2N2CCCCCC2)c1. The maximum atomic E-state index is 5.91. The minimum absolute atomic E-state index is 0.550. The van der Waals surface area contributed by atoms with Crippen molar-refractivity contribution in [2.45, 2.75) is 39.2 Å². The molecule has 1 saturated heterocycles. The highest BCUT2D eigenvalue weighted by Crippen LogP contribution is 2.28. The van der Waals surface area contributed by atoms with Gasteiger partial charge in [0.1, 0.15) is 6.61 Å². The standard InChI is InChI=1S/C16H21N3OS/c1-13-7-6-8-14(11-13)12-20-16-15(17-21-18-16)19-9-4-2-3-5-10-19/h6-8,11H,2-5,9-10,12H2,1H3. The molecule has 0 radical (unpaired) electrons. The molecule has 0 unspecified atom stereocenters. The van der Waals surface area contributed by atoms with Crippen molar-refractivity contribution >= 4 is 17.5 Å². The van der Waals surface area contributed by atoms with Crippen LogP contribution in [0.1, 0.15) is 36.8 Å². The molecular formula is C16H21N3OS. The Bertz CT molecular complexity index is 576. The van der Waals surface area contributed by atoms with Gasteiger partial charge >= 0.3 is 0 Å². The van der Waals surface area contributed by atoms with Crippen molar-refractivity contribution < 1.29 is 4.74 Å². The molecule has 2 aromatic rings. The lowest BCUT2D eigenvalue weighted by molar-refractivity contribution is 0.297. The molecule has 5 heteroatoms. The molecule has 0 atom stereocenters. The Labute approximate surface area is 130 Å². The van der Waals surface area contributed by atoms with Gasteiger partial charge in [-0.3, -0.25) is 0 Å². The first-order valence-corrected chi connectivity index (χ1v) is 8.32. The van der Waals surface area contributed by atoms with Crippen LogP contribution in [0.3, 0.4) is 0 Å². The van der Waals surface area contributed by atoms with Crippen LogP contribution in [0.4, 0.5) is 5.82 Å². The molecule has 0 spiro atoms. The van der Waals surface area contributed by atoms with Crippen molar-refractivity contribution in [2.24, 2.45) is 0 Å². The van der Waals surface area contributed by atoms with E-state index in [0.29, 0.717) is 12.5 Å². The van der Waals surface area contributed by atoms with Crippen LogP contribution >= 0.6 is 11.7 Å². The average Bonchev–Trinajstić information content (AvgIpc) is 2.78. The van der Waals surface area contributed by atoms with Crippen molar-refractivity contribution in [2.75, 3.05) is 18.0 Å². The van der Waals surface area contributed by atoms with Gasteiger partial charge in [0.05, 0.1) is 11.7 Å². The van der Waals surface area contributed by atoms with Gasteiger partial charge in [0.15, 0.2) is 0 Å². The fraction of sp³-hybridized carbons (Fsp3) is 0.500. The van der Waals surface area contributed by atoms with Crippen molar-refractivity contribution in [3.63, 3.8) is 0 Å². The third-order valence-corrected chi connectivity index (χ3v) is 4.31. The largest absolute Gasteiger partial charge is 0.470 e. The van der Waals surface area contributed by atoms with Crippen LogP contribution in [0, 0.1) is 6.92 Å². The predicted octanol–water partition coefficient (Wildman–Crippen LogP) is 3.81. The lowest BCUT2D eigenvalue weighted by atomic mass is 10.1. The van der Waals surface area contributed by atoms with Crippen molar-refractivity contribution in [3.8, 4) is 5.88 Å². The molecule has 3 rings (SSSR count). The summed E-state index contributed by atoms with van der Waals surface area (Å²) in [5, 5.41) is 0. The highest BCUT2D eigenvalue weighted by Gasteiger charge is 2.18. The first-order valence-electron chi connectivity index (χ1n) is 7.59. The van der Waals surface area contributed by atoms with Gasteiger partial charge in [-0.15, -0.1) is 4.37 Å². The van der Waals surface area contributed by atoms with E-state index in [1.807, 2.05) is 0 Å². The van der Waals surface area contributed by atoms with Gasteiger partial charge in [-0.25, -0.2) is 0 Å². The monoisotopic (exact) mass is 303 g/mol. The molecule has 0 amide bonds. The normalized spacial score (nSPS) is 15.8. The second-order valence-electron chi connectivity index (χ2n) is 5.57. The lowest BCUT2D eigenvalue weighted by Crippen LogP contribution is -2.24. The highest BCUT2D eigenvalue weighted by atomic mass is 32.1. The molecule has 0 aliphatic carbocycles. The summed E-state index contributed by atoms with van der Waals surface area (Å²) in [6.45, 7) is 4.77. The number of anilines is 1. The summed E-state index contributed by atoms with van der Waals surface area (Å²) in [6, 6.07) is 8.38. The van der Waals surface area contributed by atoms with Crippen molar-refractivity contribution in [3.05, 3.63) is 35.4 Å². The van der Waals surface area contributed by atoms with E-state index in [2.05, 4.69) is 44.8 Å². The van der Waals surface area contributed by atoms with Crippen LogP contribution in [-0.4, -0.2) is 21.8 Å². The zero-order chi connectivity index (χ0) is 14.5. The number of hydrogen-bond donors (Lipinski definition) is 0. The summed E-state index contributed by atoms with van der Waals surface area (Å²) in [7, 11) is 0. The Morgan fingerprint density at radius 2 is 1.95 bits per heavy atom. The molecule has 1 fully saturated rings. The molecule has 112 valence electrons. The van der Waals surface area contributed by atoms with Crippen LogP contribution in [-0.2, 0) is 6.61 Å². The summed E-state index contributed by atoms with van der Waals surface area (Å²) in [5.41, 5.74) is 2.42. The molecule has 0 N–H and O–H groups in total. The minimum Gasteiger partial charge on any atom is -0.470 e. The molecule has 21 heavy (non-hydrogen) atoms. The topological polar surface area (TPSA) is 38.3 Å². The van der Waals surface area contributed by atoms with Crippen molar-refractivity contribution in [1.29, 1.82) is 0 Å². The van der Waals surface area contributed by atoms with Gasteiger partial charge in [-0.2, -0.15) is 4.37 Å². The zero-order valence-corrected chi connectivity index (χ0v) is 13.2. The number of benzene rings is 1. The quantitative estimate of drug-likeness (QED) is 0.861. The second kappa shape index (κ2) is 6.89. The van der Waals surface area contributed by atoms with Gasteiger partial charge in [-0.1, -0.05) is 42.7 Å². The van der Waals surface area contributed by atoms with Crippen LogP contribution in [0.25, 0.3) is 0 Å². The fourth-order valence-corrected chi connectivity index (χ4v) is 3.22. The number of nitrogens with zero attached hydrogens (tertiary/aromatic N) is 3. The van der Waals surface area contributed by atoms with Crippen molar-refractivity contribution in [1.82, 2.24) is 8.75 Å². The maximum absolute atomic E-state index is 5.91. The summed E-state index contributed by atoms with van der Waals surface area (Å²) in [4.78, 5) is 2.32. The van der Waals surface area contributed by atoms with Gasteiger partial charge in [-0.05, 0) is 25.3 Å². The van der Waals surface area contributed by atoms with Gasteiger partial charge < -0.3 is 9.64 Å². The predicted molar refractivity (Wildman–Crippen MR) is 86.1 cm³/mol. The molecule has 2 heterocycles. The fourth-order valence-electron chi connectivity index (χ4n) is 2.70. The highest BCUT2D eigenvalue weighted by molar-refractivity contribution is 6.99. The van der Waals surface area contributed by atoms with Crippen LogP contribution in [0.5, 0.6) is 5.88 Å². The molecule has 0 bridgehead atoms. The van der Waals surface area contributed by atoms with E-state index in [1.165, 1.54) is 48.5 Å². The van der Waals surface area contributed by atoms with E-state index in [-0.39, 0.29) is 0 Å². The average molecular weight is 303 g/mol. The second-order valence-corrected chi connectivity index (χ2v) is 6.10. The van der Waals surface area contributed by atoms with E-state index in [9.17, 15) is 0 Å². The Morgan fingerprint density at radius 3 is 2.71 bits per heavy atom. The number of aromatic nitrogens is 2. The molecule has 1 aromatic carbocycles. The van der Waals surface area contributed by atoms with Gasteiger partial charge in [0.2, 0.25) is 5.82 Å². The minimum atomic E-state index is 0.550. The Balaban J connectivity index is 1.67. The zero-order valence-electron chi connectivity index (χ0n) is 12.4. The lowest BCUT2D eigenvalue weighted by Gasteiger charge is -2.20. The summed E-state index contributed by atoms with van der Waals surface area (Å²) < 4.78 is 14.7. The Kier molecular flexibility index (Phi) is 4.70. The first kappa shape index (κ1) is 14.3. The molecule has 1 aliphatic heterocycles. The Hall–Kier alpha value is -1.62. The molecule has 1 aliphatic rings. The van der Waals surface area contributed by atoms with E-state index >= 15 is 0 Å². The van der Waals surface area contributed by atoms with E-state index in [0.717, 1.165) is 18.9 Å². The molecule has 4 nitrogen and oxygen atoms in total. The third-order valence-electron chi connectivity index (χ3n) is 3.81. The Morgan fingerprint density at radius 1 is 1.14 bits per heavy atom. The van der Waals surface area contributed by atoms with Gasteiger partial charge in [0.25, 0.3) is 5.88 Å². The van der Waals surface area contributed by atoms with Crippen LogP contribution in [0.15, 0.2) is 24.3 Å². The van der Waals surface area contributed by atoms with E-state index < -0.39 is 0 Å². The number of hydrogen-bond acceptors (Lipinski definition) is 5.